The van der Waals surface area contributed by atoms with Gasteiger partial charge in [0, 0.05) is 11.8 Å². The molecule has 1 aliphatic heterocycles. The van der Waals surface area contributed by atoms with Gasteiger partial charge < -0.3 is 4.42 Å². The Kier molecular flexibility index (Phi) is 3.33. The lowest BCUT2D eigenvalue weighted by molar-refractivity contribution is 0.552. The van der Waals surface area contributed by atoms with Crippen LogP contribution >= 0.6 is 0 Å². The molecule has 0 saturated heterocycles. The predicted octanol–water partition coefficient (Wildman–Crippen LogP) is 2.77. The van der Waals surface area contributed by atoms with Crippen molar-refractivity contribution >= 4 is 11.8 Å². The first kappa shape index (κ1) is 8.78. The minimum atomic E-state index is 0.757. The Bertz CT molecular complexity index is 270. The topological polar surface area (TPSA) is 25.5 Å². The maximum Gasteiger partial charge on any atom is 0.131 e. The highest BCUT2D eigenvalue weighted by atomic mass is 16.3. The van der Waals surface area contributed by atoms with Crippen molar-refractivity contribution in [3.05, 3.63) is 30.2 Å². The van der Waals surface area contributed by atoms with Crippen LogP contribution in [0, 0.1) is 0 Å². The van der Waals surface area contributed by atoms with Crippen molar-refractivity contribution in [2.45, 2.75) is 13.8 Å². The molecular formula is C10H13NO. The van der Waals surface area contributed by atoms with Crippen molar-refractivity contribution in [2.75, 3.05) is 6.54 Å². The van der Waals surface area contributed by atoms with Crippen LogP contribution in [-0.4, -0.2) is 12.8 Å². The Morgan fingerprint density at radius 1 is 1.42 bits per heavy atom. The van der Waals surface area contributed by atoms with Crippen LogP contribution in [-0.2, 0) is 0 Å². The Morgan fingerprint density at radius 3 is 2.75 bits per heavy atom. The fourth-order valence-electron chi connectivity index (χ4n) is 0.968. The zero-order chi connectivity index (χ0) is 8.81. The zero-order valence-electron chi connectivity index (χ0n) is 7.45. The lowest BCUT2D eigenvalue weighted by Crippen LogP contribution is -1.79. The molecule has 0 fully saturated rings. The van der Waals surface area contributed by atoms with Gasteiger partial charge in [-0.25, -0.2) is 0 Å². The molecule has 1 aromatic rings. The van der Waals surface area contributed by atoms with Crippen molar-refractivity contribution in [3.8, 4) is 0 Å². The van der Waals surface area contributed by atoms with E-state index in [2.05, 4.69) is 4.99 Å². The van der Waals surface area contributed by atoms with Crippen molar-refractivity contribution in [1.82, 2.24) is 0 Å². The molecular weight excluding hydrogens is 150 g/mol. The third-order valence-electron chi connectivity index (χ3n) is 1.48. The quantitative estimate of drug-likeness (QED) is 0.625. The predicted molar refractivity (Wildman–Crippen MR) is 51.4 cm³/mol. The highest BCUT2D eigenvalue weighted by Gasteiger charge is 2.04. The van der Waals surface area contributed by atoms with E-state index in [9.17, 15) is 0 Å². The average molecular weight is 163 g/mol. The van der Waals surface area contributed by atoms with E-state index in [-0.39, 0.29) is 0 Å². The molecule has 0 amide bonds. The van der Waals surface area contributed by atoms with E-state index in [4.69, 9.17) is 4.42 Å². The summed E-state index contributed by atoms with van der Waals surface area (Å²) in [6.07, 6.45) is 5.45. The first-order chi connectivity index (χ1) is 5.97. The largest absolute Gasteiger partial charge is 0.465 e. The number of nitrogens with zero attached hydrogens (tertiary/aromatic N) is 1. The third-order valence-corrected chi connectivity index (χ3v) is 1.48. The molecule has 2 heteroatoms. The van der Waals surface area contributed by atoms with E-state index in [1.54, 1.807) is 12.5 Å². The second-order valence-electron chi connectivity index (χ2n) is 2.16. The monoisotopic (exact) mass is 163 g/mol. The standard InChI is InChI=1S/C8H7NO.C2H6/c1-2-8(10-5-1)7-3-4-9-6-7;1-2/h1-5H,6H2;1-2H3. The van der Waals surface area contributed by atoms with Crippen LogP contribution < -0.4 is 0 Å². The summed E-state index contributed by atoms with van der Waals surface area (Å²) in [5.74, 6) is 0.928. The Hall–Kier alpha value is -1.31. The van der Waals surface area contributed by atoms with Gasteiger partial charge in [0.1, 0.15) is 5.76 Å². The minimum Gasteiger partial charge on any atom is -0.465 e. The number of aliphatic imine (C=N–C) groups is 1. The van der Waals surface area contributed by atoms with Crippen LogP contribution in [0.25, 0.3) is 5.57 Å². The van der Waals surface area contributed by atoms with Gasteiger partial charge >= 0.3 is 0 Å². The van der Waals surface area contributed by atoms with Gasteiger partial charge in [-0.2, -0.15) is 0 Å². The summed E-state index contributed by atoms with van der Waals surface area (Å²) in [6.45, 7) is 4.76. The van der Waals surface area contributed by atoms with Gasteiger partial charge in [0.15, 0.2) is 0 Å². The Balaban J connectivity index is 0.000000336. The summed E-state index contributed by atoms with van der Waals surface area (Å²) in [5, 5.41) is 0. The molecule has 2 rings (SSSR count). The van der Waals surface area contributed by atoms with E-state index < -0.39 is 0 Å². The molecule has 64 valence electrons. The van der Waals surface area contributed by atoms with Gasteiger partial charge in [0.2, 0.25) is 0 Å². The minimum absolute atomic E-state index is 0.757. The van der Waals surface area contributed by atoms with Gasteiger partial charge in [0.05, 0.1) is 12.8 Å². The van der Waals surface area contributed by atoms with Crippen LogP contribution in [0.4, 0.5) is 0 Å². The molecule has 0 unspecified atom stereocenters. The molecule has 0 bridgehead atoms. The molecule has 0 atom stereocenters. The number of rotatable bonds is 1. The fraction of sp³-hybridized carbons (Fsp3) is 0.300. The Labute approximate surface area is 72.6 Å². The molecule has 2 nitrogen and oxygen atoms in total. The number of allylic oxidation sites excluding steroid dienone is 1. The molecule has 0 spiro atoms. The second kappa shape index (κ2) is 4.54. The summed E-state index contributed by atoms with van der Waals surface area (Å²) in [7, 11) is 0. The lowest BCUT2D eigenvalue weighted by atomic mass is 10.2. The van der Waals surface area contributed by atoms with E-state index in [1.807, 2.05) is 32.1 Å². The highest BCUT2D eigenvalue weighted by Crippen LogP contribution is 2.16. The lowest BCUT2D eigenvalue weighted by Gasteiger charge is -1.91. The number of furan rings is 1. The molecule has 1 aromatic heterocycles. The van der Waals surface area contributed by atoms with Crippen molar-refractivity contribution in [3.63, 3.8) is 0 Å². The molecule has 2 heterocycles. The van der Waals surface area contributed by atoms with Crippen LogP contribution in [0.15, 0.2) is 33.9 Å². The maximum atomic E-state index is 5.17. The number of hydrogen-bond donors (Lipinski definition) is 0. The summed E-state index contributed by atoms with van der Waals surface area (Å²) in [4.78, 5) is 4.04. The molecule has 0 N–H and O–H groups in total. The van der Waals surface area contributed by atoms with E-state index in [0.29, 0.717) is 0 Å². The van der Waals surface area contributed by atoms with Crippen molar-refractivity contribution in [1.29, 1.82) is 0 Å². The van der Waals surface area contributed by atoms with Gasteiger partial charge in [-0.15, -0.1) is 0 Å². The van der Waals surface area contributed by atoms with E-state index in [0.717, 1.165) is 17.9 Å². The summed E-state index contributed by atoms with van der Waals surface area (Å²) >= 11 is 0. The molecule has 0 saturated carbocycles. The first-order valence-corrected chi connectivity index (χ1v) is 4.20. The smallest absolute Gasteiger partial charge is 0.131 e. The highest BCUT2D eigenvalue weighted by molar-refractivity contribution is 5.88. The normalized spacial score (nSPS) is 13.7. The second-order valence-corrected chi connectivity index (χ2v) is 2.16. The molecule has 0 aromatic carbocycles. The van der Waals surface area contributed by atoms with Crippen LogP contribution in [0.3, 0.4) is 0 Å². The molecule has 0 radical (unpaired) electrons. The molecule has 12 heavy (non-hydrogen) atoms. The van der Waals surface area contributed by atoms with Crippen LogP contribution in [0.1, 0.15) is 19.6 Å². The zero-order valence-corrected chi connectivity index (χ0v) is 7.45. The average Bonchev–Trinajstić information content (AvgIpc) is 2.80. The maximum absolute atomic E-state index is 5.17. The van der Waals surface area contributed by atoms with Crippen molar-refractivity contribution in [2.24, 2.45) is 4.99 Å². The van der Waals surface area contributed by atoms with E-state index >= 15 is 0 Å². The SMILES string of the molecule is C1=NCC(c2ccco2)=C1.CC. The Morgan fingerprint density at radius 2 is 2.25 bits per heavy atom. The summed E-state index contributed by atoms with van der Waals surface area (Å²) in [6, 6.07) is 3.83. The first-order valence-electron chi connectivity index (χ1n) is 4.20. The van der Waals surface area contributed by atoms with E-state index in [1.165, 1.54) is 0 Å². The summed E-state index contributed by atoms with van der Waals surface area (Å²) < 4.78 is 5.17. The van der Waals surface area contributed by atoms with Crippen LogP contribution in [0.5, 0.6) is 0 Å². The van der Waals surface area contributed by atoms with Gasteiger partial charge in [-0.1, -0.05) is 13.8 Å². The van der Waals surface area contributed by atoms with Gasteiger partial charge in [0.25, 0.3) is 0 Å². The molecule has 0 aliphatic carbocycles. The van der Waals surface area contributed by atoms with Crippen LogP contribution in [0.2, 0.25) is 0 Å². The van der Waals surface area contributed by atoms with Crippen molar-refractivity contribution < 1.29 is 4.42 Å². The summed E-state index contributed by atoms with van der Waals surface area (Å²) in [5.41, 5.74) is 1.16. The van der Waals surface area contributed by atoms with Gasteiger partial charge in [-0.05, 0) is 18.2 Å². The third kappa shape index (κ3) is 1.84. The molecule has 1 aliphatic rings. The van der Waals surface area contributed by atoms with Gasteiger partial charge in [-0.3, -0.25) is 4.99 Å². The fourth-order valence-corrected chi connectivity index (χ4v) is 0.968. The number of hydrogen-bond acceptors (Lipinski definition) is 2.